The van der Waals surface area contributed by atoms with Crippen LogP contribution in [0.3, 0.4) is 0 Å². The molecule has 108 valence electrons. The Hall–Kier alpha value is -1.95. The van der Waals surface area contributed by atoms with Gasteiger partial charge in [-0.2, -0.15) is 4.98 Å². The minimum atomic E-state index is -0.306. The molecule has 2 rings (SSSR count). The Kier molecular flexibility index (Phi) is 4.68. The summed E-state index contributed by atoms with van der Waals surface area (Å²) in [6, 6.07) is 4.30. The average Bonchev–Trinajstić information content (AvgIpc) is 2.85. The summed E-state index contributed by atoms with van der Waals surface area (Å²) >= 11 is 0. The summed E-state index contributed by atoms with van der Waals surface area (Å²) in [6.45, 7) is 3.96. The lowest BCUT2D eigenvalue weighted by Gasteiger charge is -2.12. The van der Waals surface area contributed by atoms with E-state index in [2.05, 4.69) is 10.1 Å². The minimum Gasteiger partial charge on any atom is -0.483 e. The Morgan fingerprint density at radius 2 is 2.25 bits per heavy atom. The number of hydrogen-bond donors (Lipinski definition) is 1. The van der Waals surface area contributed by atoms with Crippen LogP contribution in [-0.4, -0.2) is 16.2 Å². The Labute approximate surface area is 116 Å². The van der Waals surface area contributed by atoms with Gasteiger partial charge in [0.1, 0.15) is 11.6 Å². The summed E-state index contributed by atoms with van der Waals surface area (Å²) in [4.78, 5) is 4.15. The lowest BCUT2D eigenvalue weighted by Crippen LogP contribution is -2.18. The van der Waals surface area contributed by atoms with Crippen molar-refractivity contribution in [1.82, 2.24) is 10.1 Å². The van der Waals surface area contributed by atoms with Gasteiger partial charge < -0.3 is 15.0 Å². The molecule has 1 unspecified atom stereocenters. The predicted octanol–water partition coefficient (Wildman–Crippen LogP) is 2.24. The van der Waals surface area contributed by atoms with E-state index >= 15 is 0 Å². The highest BCUT2D eigenvalue weighted by Gasteiger charge is 2.10. The molecule has 0 amide bonds. The monoisotopic (exact) mass is 279 g/mol. The molecule has 0 aliphatic carbocycles. The molecule has 0 aliphatic rings. The van der Waals surface area contributed by atoms with Crippen LogP contribution in [0.25, 0.3) is 0 Å². The zero-order valence-electron chi connectivity index (χ0n) is 11.6. The van der Waals surface area contributed by atoms with Crippen molar-refractivity contribution in [2.75, 3.05) is 0 Å². The first-order valence-corrected chi connectivity index (χ1v) is 6.56. The lowest BCUT2D eigenvalue weighted by atomic mass is 10.1. The van der Waals surface area contributed by atoms with E-state index in [0.29, 0.717) is 30.3 Å². The molecule has 5 nitrogen and oxygen atoms in total. The number of nitrogens with zero attached hydrogens (tertiary/aromatic N) is 2. The number of rotatable bonds is 6. The van der Waals surface area contributed by atoms with E-state index in [0.717, 1.165) is 5.56 Å². The first-order chi connectivity index (χ1) is 9.58. The second-order valence-corrected chi connectivity index (χ2v) is 4.68. The summed E-state index contributed by atoms with van der Waals surface area (Å²) in [5.41, 5.74) is 6.48. The van der Waals surface area contributed by atoms with Crippen molar-refractivity contribution in [2.45, 2.75) is 39.3 Å². The average molecular weight is 279 g/mol. The van der Waals surface area contributed by atoms with Gasteiger partial charge in [-0.3, -0.25) is 0 Å². The van der Waals surface area contributed by atoms with Gasteiger partial charge in [0.25, 0.3) is 5.89 Å². The highest BCUT2D eigenvalue weighted by Crippen LogP contribution is 2.22. The van der Waals surface area contributed by atoms with E-state index in [1.807, 2.05) is 13.8 Å². The SMILES string of the molecule is CCc1noc(COc2ccc(F)cc2CC(C)N)n1. The standard InChI is InChI=1S/C14H18FN3O2/c1-3-13-17-14(20-18-13)8-19-12-5-4-11(15)7-10(12)6-9(2)16/h4-5,7,9H,3,6,8,16H2,1-2H3. The summed E-state index contributed by atoms with van der Waals surface area (Å²) in [5.74, 6) is 1.32. The van der Waals surface area contributed by atoms with Crippen LogP contribution in [0.1, 0.15) is 31.1 Å². The molecule has 1 aromatic heterocycles. The second-order valence-electron chi connectivity index (χ2n) is 4.68. The van der Waals surface area contributed by atoms with E-state index in [4.69, 9.17) is 15.0 Å². The normalized spacial score (nSPS) is 12.4. The number of aryl methyl sites for hydroxylation is 1. The molecule has 0 aliphatic heterocycles. The molecule has 20 heavy (non-hydrogen) atoms. The van der Waals surface area contributed by atoms with Gasteiger partial charge in [-0.15, -0.1) is 0 Å². The molecule has 0 saturated heterocycles. The van der Waals surface area contributed by atoms with Crippen LogP contribution in [0, 0.1) is 5.82 Å². The van der Waals surface area contributed by atoms with E-state index < -0.39 is 0 Å². The molecule has 2 aromatic rings. The first kappa shape index (κ1) is 14.5. The van der Waals surface area contributed by atoms with Crippen LogP contribution in [0.2, 0.25) is 0 Å². The molecule has 0 spiro atoms. The van der Waals surface area contributed by atoms with Crippen molar-refractivity contribution in [2.24, 2.45) is 5.73 Å². The third-order valence-electron chi connectivity index (χ3n) is 2.74. The molecule has 0 bridgehead atoms. The third kappa shape index (κ3) is 3.77. The van der Waals surface area contributed by atoms with Gasteiger partial charge in [0.05, 0.1) is 0 Å². The summed E-state index contributed by atoms with van der Waals surface area (Å²) < 4.78 is 23.9. The molecule has 0 radical (unpaired) electrons. The molecule has 1 atom stereocenters. The van der Waals surface area contributed by atoms with Crippen LogP contribution in [0.5, 0.6) is 5.75 Å². The molecule has 2 N–H and O–H groups in total. The maximum atomic E-state index is 13.3. The second kappa shape index (κ2) is 6.47. The van der Waals surface area contributed by atoms with Crippen molar-refractivity contribution in [3.63, 3.8) is 0 Å². The van der Waals surface area contributed by atoms with Crippen molar-refractivity contribution in [1.29, 1.82) is 0 Å². The van der Waals surface area contributed by atoms with E-state index in [9.17, 15) is 4.39 Å². The number of aromatic nitrogens is 2. The van der Waals surface area contributed by atoms with E-state index in [1.165, 1.54) is 12.1 Å². The van der Waals surface area contributed by atoms with Gasteiger partial charge in [-0.25, -0.2) is 4.39 Å². The number of hydrogen-bond acceptors (Lipinski definition) is 5. The Morgan fingerprint density at radius 1 is 1.45 bits per heavy atom. The molecule has 1 aromatic carbocycles. The number of nitrogens with two attached hydrogens (primary N) is 1. The first-order valence-electron chi connectivity index (χ1n) is 6.56. The van der Waals surface area contributed by atoms with Gasteiger partial charge >= 0.3 is 0 Å². The van der Waals surface area contributed by atoms with Crippen LogP contribution < -0.4 is 10.5 Å². The summed E-state index contributed by atoms with van der Waals surface area (Å²) in [6.07, 6.45) is 1.24. The predicted molar refractivity (Wildman–Crippen MR) is 71.8 cm³/mol. The molecule has 1 heterocycles. The number of halogens is 1. The fraction of sp³-hybridized carbons (Fsp3) is 0.429. The lowest BCUT2D eigenvalue weighted by molar-refractivity contribution is 0.240. The third-order valence-corrected chi connectivity index (χ3v) is 2.74. The van der Waals surface area contributed by atoms with Gasteiger partial charge in [-0.1, -0.05) is 12.1 Å². The van der Waals surface area contributed by atoms with Crippen molar-refractivity contribution in [3.8, 4) is 5.75 Å². The minimum absolute atomic E-state index is 0.0748. The Balaban J connectivity index is 2.08. The van der Waals surface area contributed by atoms with Gasteiger partial charge in [0.15, 0.2) is 12.4 Å². The highest BCUT2D eigenvalue weighted by atomic mass is 19.1. The maximum absolute atomic E-state index is 13.3. The molecule has 0 fully saturated rings. The van der Waals surface area contributed by atoms with Crippen molar-refractivity contribution >= 4 is 0 Å². The van der Waals surface area contributed by atoms with Crippen molar-refractivity contribution in [3.05, 3.63) is 41.3 Å². The van der Waals surface area contributed by atoms with E-state index in [-0.39, 0.29) is 18.5 Å². The molecular weight excluding hydrogens is 261 g/mol. The molecule has 6 heteroatoms. The maximum Gasteiger partial charge on any atom is 0.264 e. The smallest absolute Gasteiger partial charge is 0.264 e. The van der Waals surface area contributed by atoms with Gasteiger partial charge in [0, 0.05) is 12.5 Å². The topological polar surface area (TPSA) is 74.2 Å². The van der Waals surface area contributed by atoms with Crippen LogP contribution in [0.15, 0.2) is 22.7 Å². The fourth-order valence-corrected chi connectivity index (χ4v) is 1.83. The largest absolute Gasteiger partial charge is 0.483 e. The zero-order chi connectivity index (χ0) is 14.5. The van der Waals surface area contributed by atoms with Gasteiger partial charge in [-0.05, 0) is 37.1 Å². The number of benzene rings is 1. The van der Waals surface area contributed by atoms with Crippen LogP contribution in [-0.2, 0) is 19.4 Å². The highest BCUT2D eigenvalue weighted by molar-refractivity contribution is 5.34. The van der Waals surface area contributed by atoms with Crippen LogP contribution in [0.4, 0.5) is 4.39 Å². The number of ether oxygens (including phenoxy) is 1. The van der Waals surface area contributed by atoms with Crippen molar-refractivity contribution < 1.29 is 13.7 Å². The Bertz CT molecular complexity index is 569. The van der Waals surface area contributed by atoms with E-state index in [1.54, 1.807) is 6.07 Å². The summed E-state index contributed by atoms with van der Waals surface area (Å²) in [5, 5.41) is 3.79. The summed E-state index contributed by atoms with van der Waals surface area (Å²) in [7, 11) is 0. The Morgan fingerprint density at radius 3 is 2.90 bits per heavy atom. The molecule has 0 saturated carbocycles. The fourth-order valence-electron chi connectivity index (χ4n) is 1.83. The van der Waals surface area contributed by atoms with Gasteiger partial charge in [0.2, 0.25) is 0 Å². The quantitative estimate of drug-likeness (QED) is 0.877. The van der Waals surface area contributed by atoms with Crippen LogP contribution >= 0.6 is 0 Å². The molecular formula is C14H18FN3O2. The zero-order valence-corrected chi connectivity index (χ0v) is 11.6.